The number of esters is 1. The number of ether oxygens (including phenoxy) is 1. The Balaban J connectivity index is 2.00. The number of rotatable bonds is 8. The zero-order chi connectivity index (χ0) is 19.3. The topological polar surface area (TPSA) is 111 Å². The highest BCUT2D eigenvalue weighted by molar-refractivity contribution is 7.17. The number of hydrogen-bond acceptors (Lipinski definition) is 8. The van der Waals surface area contributed by atoms with Gasteiger partial charge in [-0.25, -0.2) is 9.78 Å². The number of nitro groups is 1. The number of Topliss-reactive ketones (excluding diaryl/α,β-unsaturated/α-hetero) is 1. The summed E-state index contributed by atoms with van der Waals surface area (Å²) in [5, 5.41) is 14.0. The molecule has 26 heavy (non-hydrogen) atoms. The molecule has 9 heteroatoms. The Bertz CT molecular complexity index is 832. The van der Waals surface area contributed by atoms with E-state index in [0.29, 0.717) is 22.3 Å². The maximum absolute atomic E-state index is 12.2. The molecule has 0 bridgehead atoms. The van der Waals surface area contributed by atoms with Crippen LogP contribution in [0.25, 0.3) is 0 Å². The van der Waals surface area contributed by atoms with Gasteiger partial charge in [-0.15, -0.1) is 0 Å². The second-order valence-electron chi connectivity index (χ2n) is 6.01. The molecule has 0 amide bonds. The van der Waals surface area contributed by atoms with E-state index in [2.05, 4.69) is 10.3 Å². The summed E-state index contributed by atoms with van der Waals surface area (Å²) in [7, 11) is 0. The fourth-order valence-corrected chi connectivity index (χ4v) is 2.88. The third-order valence-corrected chi connectivity index (χ3v) is 4.40. The van der Waals surface area contributed by atoms with E-state index in [0.717, 1.165) is 11.3 Å². The molecule has 0 aliphatic carbocycles. The molecule has 0 radical (unpaired) electrons. The molecular formula is C17H19N3O5S. The molecule has 0 spiro atoms. The number of aryl methyl sites for hydroxylation is 1. The Hall–Kier alpha value is -2.81. The molecule has 1 N–H and O–H groups in total. The normalized spacial score (nSPS) is 10.6. The van der Waals surface area contributed by atoms with Crippen LogP contribution in [0.1, 0.15) is 39.6 Å². The Morgan fingerprint density at radius 1 is 1.38 bits per heavy atom. The summed E-state index contributed by atoms with van der Waals surface area (Å²) in [6.07, 6.45) is 0. The van der Waals surface area contributed by atoms with E-state index in [4.69, 9.17) is 4.74 Å². The number of aromatic nitrogens is 1. The van der Waals surface area contributed by atoms with Crippen LogP contribution in [0.5, 0.6) is 0 Å². The Labute approximate surface area is 154 Å². The average molecular weight is 377 g/mol. The molecule has 2 rings (SSSR count). The van der Waals surface area contributed by atoms with E-state index in [1.54, 1.807) is 6.92 Å². The predicted molar refractivity (Wildman–Crippen MR) is 97.9 cm³/mol. The third-order valence-electron chi connectivity index (χ3n) is 3.31. The fraction of sp³-hybridized carbons (Fsp3) is 0.353. The number of carbonyl (C=O) groups excluding carboxylic acids is 2. The van der Waals surface area contributed by atoms with Crippen molar-refractivity contribution in [2.45, 2.75) is 20.8 Å². The van der Waals surface area contributed by atoms with Gasteiger partial charge in [-0.2, -0.15) is 0 Å². The lowest BCUT2D eigenvalue weighted by molar-refractivity contribution is -0.384. The highest BCUT2D eigenvalue weighted by Crippen LogP contribution is 2.23. The van der Waals surface area contributed by atoms with Gasteiger partial charge >= 0.3 is 5.97 Å². The van der Waals surface area contributed by atoms with Gasteiger partial charge in [0.25, 0.3) is 5.69 Å². The van der Waals surface area contributed by atoms with E-state index in [-0.39, 0.29) is 29.5 Å². The summed E-state index contributed by atoms with van der Waals surface area (Å²) in [5.74, 6) is -0.519. The highest BCUT2D eigenvalue weighted by atomic mass is 32.1. The second-order valence-corrected chi connectivity index (χ2v) is 7.01. The highest BCUT2D eigenvalue weighted by Gasteiger charge is 2.18. The monoisotopic (exact) mass is 377 g/mol. The van der Waals surface area contributed by atoms with E-state index in [1.165, 1.54) is 24.3 Å². The molecule has 0 saturated heterocycles. The van der Waals surface area contributed by atoms with Gasteiger partial charge in [0.05, 0.1) is 23.8 Å². The summed E-state index contributed by atoms with van der Waals surface area (Å²) < 4.78 is 5.19. The molecule has 0 fully saturated rings. The van der Waals surface area contributed by atoms with Crippen LogP contribution in [-0.4, -0.2) is 34.8 Å². The van der Waals surface area contributed by atoms with Gasteiger partial charge < -0.3 is 10.1 Å². The number of nitro benzene ring substituents is 1. The van der Waals surface area contributed by atoms with Crippen LogP contribution in [0.15, 0.2) is 24.3 Å². The first kappa shape index (κ1) is 19.5. The molecule has 138 valence electrons. The number of ketones is 1. The van der Waals surface area contributed by atoms with Crippen LogP contribution >= 0.6 is 11.3 Å². The van der Waals surface area contributed by atoms with Crippen molar-refractivity contribution < 1.29 is 19.2 Å². The number of carbonyl (C=O) groups is 2. The molecule has 0 aliphatic heterocycles. The lowest BCUT2D eigenvalue weighted by Crippen LogP contribution is -2.14. The van der Waals surface area contributed by atoms with E-state index < -0.39 is 10.9 Å². The van der Waals surface area contributed by atoms with Gasteiger partial charge in [0.1, 0.15) is 4.88 Å². The molecule has 1 aromatic heterocycles. The molecule has 0 unspecified atom stereocenters. The summed E-state index contributed by atoms with van der Waals surface area (Å²) in [6.45, 7) is 5.81. The van der Waals surface area contributed by atoms with Gasteiger partial charge in [0.2, 0.25) is 0 Å². The van der Waals surface area contributed by atoms with Crippen LogP contribution in [0.4, 0.5) is 10.8 Å². The second kappa shape index (κ2) is 8.52. The minimum atomic E-state index is -0.552. The maximum Gasteiger partial charge on any atom is 0.350 e. The Kier molecular flexibility index (Phi) is 6.40. The van der Waals surface area contributed by atoms with Gasteiger partial charge in [-0.1, -0.05) is 37.3 Å². The molecule has 0 atom stereocenters. The molecule has 1 aromatic carbocycles. The van der Waals surface area contributed by atoms with Crippen LogP contribution in [0, 0.1) is 23.0 Å². The van der Waals surface area contributed by atoms with Gasteiger partial charge in [-0.05, 0) is 12.8 Å². The number of nitrogens with one attached hydrogen (secondary N) is 1. The number of hydrogen-bond donors (Lipinski definition) is 1. The molecule has 0 aliphatic rings. The van der Waals surface area contributed by atoms with Gasteiger partial charge in [-0.3, -0.25) is 14.9 Å². The van der Waals surface area contributed by atoms with Gasteiger partial charge in [0, 0.05) is 17.7 Å². The maximum atomic E-state index is 12.2. The van der Waals surface area contributed by atoms with Crippen molar-refractivity contribution >= 4 is 33.9 Å². The van der Waals surface area contributed by atoms with Crippen molar-refractivity contribution in [3.63, 3.8) is 0 Å². The number of nitrogens with zero attached hydrogens (tertiary/aromatic N) is 2. The molecule has 0 saturated carbocycles. The van der Waals surface area contributed by atoms with Crippen molar-refractivity contribution in [3.05, 3.63) is 50.5 Å². The smallest absolute Gasteiger partial charge is 0.350 e. The minimum absolute atomic E-state index is 0.0887. The van der Waals surface area contributed by atoms with Crippen molar-refractivity contribution in [1.29, 1.82) is 0 Å². The molecule has 2 aromatic rings. The van der Waals surface area contributed by atoms with Crippen molar-refractivity contribution in [2.75, 3.05) is 18.5 Å². The summed E-state index contributed by atoms with van der Waals surface area (Å²) in [6, 6.07) is 5.52. The van der Waals surface area contributed by atoms with Crippen molar-refractivity contribution in [3.8, 4) is 0 Å². The fourth-order valence-electron chi connectivity index (χ4n) is 2.02. The zero-order valence-electron chi connectivity index (χ0n) is 14.6. The molecule has 8 nitrogen and oxygen atoms in total. The summed E-state index contributed by atoms with van der Waals surface area (Å²) in [5.41, 5.74) is 0.613. The van der Waals surface area contributed by atoms with E-state index in [9.17, 15) is 19.7 Å². The molecular weight excluding hydrogens is 358 g/mol. The van der Waals surface area contributed by atoms with Gasteiger partial charge in [0.15, 0.2) is 10.9 Å². The Morgan fingerprint density at radius 3 is 2.77 bits per heavy atom. The van der Waals surface area contributed by atoms with Crippen LogP contribution < -0.4 is 5.32 Å². The van der Waals surface area contributed by atoms with E-state index in [1.807, 2.05) is 13.8 Å². The SMILES string of the molecule is Cc1nc(NCC(=O)c2cccc([N+](=O)[O-])c2)sc1C(=O)OCC(C)C. The minimum Gasteiger partial charge on any atom is -0.461 e. The first-order valence-corrected chi connectivity index (χ1v) is 8.75. The summed E-state index contributed by atoms with van der Waals surface area (Å²) in [4.78, 5) is 39.1. The zero-order valence-corrected chi connectivity index (χ0v) is 15.5. The van der Waals surface area contributed by atoms with Crippen molar-refractivity contribution in [1.82, 2.24) is 4.98 Å². The number of anilines is 1. The standard InChI is InChI=1S/C17H19N3O5S/c1-10(2)9-25-16(22)15-11(3)19-17(26-15)18-8-14(21)12-5-4-6-13(7-12)20(23)24/h4-7,10H,8-9H2,1-3H3,(H,18,19). The largest absolute Gasteiger partial charge is 0.461 e. The number of non-ortho nitro benzene ring substituents is 1. The summed E-state index contributed by atoms with van der Waals surface area (Å²) >= 11 is 1.11. The first-order valence-electron chi connectivity index (χ1n) is 7.94. The number of benzene rings is 1. The predicted octanol–water partition coefficient (Wildman–Crippen LogP) is 3.47. The van der Waals surface area contributed by atoms with Crippen LogP contribution in [0.2, 0.25) is 0 Å². The lowest BCUT2D eigenvalue weighted by Gasteiger charge is -2.05. The lowest BCUT2D eigenvalue weighted by atomic mass is 10.1. The Morgan fingerprint density at radius 2 is 2.12 bits per heavy atom. The molecule has 1 heterocycles. The van der Waals surface area contributed by atoms with E-state index >= 15 is 0 Å². The third kappa shape index (κ3) is 5.09. The average Bonchev–Trinajstić information content (AvgIpc) is 2.98. The quantitative estimate of drug-likeness (QED) is 0.324. The van der Waals surface area contributed by atoms with Crippen molar-refractivity contribution in [2.24, 2.45) is 5.92 Å². The first-order chi connectivity index (χ1) is 12.3. The van der Waals surface area contributed by atoms with Crippen LogP contribution in [-0.2, 0) is 4.74 Å². The number of thiazole rings is 1. The van der Waals surface area contributed by atoms with Crippen LogP contribution in [0.3, 0.4) is 0 Å².